The largest absolute Gasteiger partial charge is 0.368 e. The van der Waals surface area contributed by atoms with Crippen LogP contribution in [0.5, 0.6) is 0 Å². The SMILES string of the molecule is Cc1cccc2nc(C3CNCCO3)n(C)c12. The molecule has 4 heteroatoms. The average molecular weight is 231 g/mol. The van der Waals surface area contributed by atoms with Crippen molar-refractivity contribution < 1.29 is 4.74 Å². The Hall–Kier alpha value is -1.39. The van der Waals surface area contributed by atoms with Gasteiger partial charge in [0.1, 0.15) is 11.9 Å². The molecule has 0 radical (unpaired) electrons. The van der Waals surface area contributed by atoms with Gasteiger partial charge in [-0.2, -0.15) is 0 Å². The fourth-order valence-electron chi connectivity index (χ4n) is 2.50. The molecular formula is C13H17N3O. The van der Waals surface area contributed by atoms with Gasteiger partial charge in [0.2, 0.25) is 0 Å². The predicted molar refractivity (Wildman–Crippen MR) is 67.0 cm³/mol. The van der Waals surface area contributed by atoms with Crippen LogP contribution >= 0.6 is 0 Å². The molecule has 1 N–H and O–H groups in total. The van der Waals surface area contributed by atoms with Crippen LogP contribution in [0.4, 0.5) is 0 Å². The van der Waals surface area contributed by atoms with Gasteiger partial charge in [0, 0.05) is 20.1 Å². The Labute approximate surface area is 101 Å². The molecular weight excluding hydrogens is 214 g/mol. The minimum atomic E-state index is 0.0700. The lowest BCUT2D eigenvalue weighted by molar-refractivity contribution is 0.0208. The Balaban J connectivity index is 2.10. The highest BCUT2D eigenvalue weighted by atomic mass is 16.5. The molecule has 3 rings (SSSR count). The summed E-state index contributed by atoms with van der Waals surface area (Å²) >= 11 is 0. The third kappa shape index (κ3) is 1.73. The molecule has 1 aliphatic rings. The van der Waals surface area contributed by atoms with Gasteiger partial charge >= 0.3 is 0 Å². The fourth-order valence-corrected chi connectivity index (χ4v) is 2.50. The van der Waals surface area contributed by atoms with Gasteiger partial charge in [-0.05, 0) is 18.6 Å². The fraction of sp³-hybridized carbons (Fsp3) is 0.462. The maximum absolute atomic E-state index is 5.77. The smallest absolute Gasteiger partial charge is 0.140 e. The number of nitrogens with one attached hydrogen (secondary N) is 1. The van der Waals surface area contributed by atoms with Crippen molar-refractivity contribution in [2.24, 2.45) is 7.05 Å². The van der Waals surface area contributed by atoms with Crippen molar-refractivity contribution in [2.75, 3.05) is 19.7 Å². The summed E-state index contributed by atoms with van der Waals surface area (Å²) < 4.78 is 7.92. The van der Waals surface area contributed by atoms with Crippen LogP contribution in [0.25, 0.3) is 11.0 Å². The van der Waals surface area contributed by atoms with Crippen LogP contribution in [-0.2, 0) is 11.8 Å². The van der Waals surface area contributed by atoms with Gasteiger partial charge in [0.25, 0.3) is 0 Å². The first kappa shape index (κ1) is 10.7. The number of rotatable bonds is 1. The average Bonchev–Trinajstić information content (AvgIpc) is 2.69. The van der Waals surface area contributed by atoms with E-state index in [0.29, 0.717) is 0 Å². The zero-order valence-corrected chi connectivity index (χ0v) is 10.2. The van der Waals surface area contributed by atoms with E-state index in [1.54, 1.807) is 0 Å². The van der Waals surface area contributed by atoms with Gasteiger partial charge in [-0.3, -0.25) is 0 Å². The van der Waals surface area contributed by atoms with Gasteiger partial charge in [-0.25, -0.2) is 4.98 Å². The number of morpholine rings is 1. The number of hydrogen-bond donors (Lipinski definition) is 1. The van der Waals surface area contributed by atoms with Crippen molar-refractivity contribution in [1.29, 1.82) is 0 Å². The van der Waals surface area contributed by atoms with Crippen molar-refractivity contribution in [1.82, 2.24) is 14.9 Å². The molecule has 1 unspecified atom stereocenters. The van der Waals surface area contributed by atoms with Crippen molar-refractivity contribution >= 4 is 11.0 Å². The number of para-hydroxylation sites is 1. The molecule has 17 heavy (non-hydrogen) atoms. The summed E-state index contributed by atoms with van der Waals surface area (Å²) in [7, 11) is 2.07. The van der Waals surface area contributed by atoms with Crippen molar-refractivity contribution in [3.63, 3.8) is 0 Å². The molecule has 2 aromatic rings. The zero-order chi connectivity index (χ0) is 11.8. The first-order valence-corrected chi connectivity index (χ1v) is 6.01. The topological polar surface area (TPSA) is 39.1 Å². The molecule has 4 nitrogen and oxygen atoms in total. The summed E-state index contributed by atoms with van der Waals surface area (Å²) in [5, 5.41) is 3.34. The highest BCUT2D eigenvalue weighted by Gasteiger charge is 2.21. The second-order valence-corrected chi connectivity index (χ2v) is 4.54. The quantitative estimate of drug-likeness (QED) is 0.809. The second-order valence-electron chi connectivity index (χ2n) is 4.54. The van der Waals surface area contributed by atoms with E-state index in [1.165, 1.54) is 11.1 Å². The number of benzene rings is 1. The van der Waals surface area contributed by atoms with Crippen LogP contribution in [0.1, 0.15) is 17.5 Å². The molecule has 2 heterocycles. The Bertz CT molecular complexity index is 541. The van der Waals surface area contributed by atoms with Crippen LogP contribution in [0.3, 0.4) is 0 Å². The van der Waals surface area contributed by atoms with Crippen LogP contribution < -0.4 is 5.32 Å². The minimum Gasteiger partial charge on any atom is -0.368 e. The molecule has 0 amide bonds. The summed E-state index contributed by atoms with van der Waals surface area (Å²) in [5.74, 6) is 1.02. The number of aromatic nitrogens is 2. The van der Waals surface area contributed by atoms with Crippen LogP contribution in [-0.4, -0.2) is 29.2 Å². The number of imidazole rings is 1. The molecule has 0 bridgehead atoms. The lowest BCUT2D eigenvalue weighted by atomic mass is 10.2. The number of ether oxygens (including phenoxy) is 1. The van der Waals surface area contributed by atoms with Crippen LogP contribution in [0.15, 0.2) is 18.2 Å². The zero-order valence-electron chi connectivity index (χ0n) is 10.2. The Kier molecular flexibility index (Phi) is 2.61. The second kappa shape index (κ2) is 4.13. The third-order valence-electron chi connectivity index (χ3n) is 3.35. The predicted octanol–water partition coefficient (Wildman–Crippen LogP) is 1.54. The van der Waals surface area contributed by atoms with Crippen LogP contribution in [0, 0.1) is 6.92 Å². The molecule has 1 aromatic heterocycles. The van der Waals surface area contributed by atoms with Gasteiger partial charge in [-0.1, -0.05) is 12.1 Å². The number of fused-ring (bicyclic) bond motifs is 1. The normalized spacial score (nSPS) is 20.9. The molecule has 0 saturated carbocycles. The Morgan fingerprint density at radius 2 is 2.35 bits per heavy atom. The first-order chi connectivity index (χ1) is 8.27. The Morgan fingerprint density at radius 1 is 1.47 bits per heavy atom. The lowest BCUT2D eigenvalue weighted by Crippen LogP contribution is -2.34. The summed E-state index contributed by atoms with van der Waals surface area (Å²) in [6.45, 7) is 4.65. The maximum atomic E-state index is 5.77. The van der Waals surface area contributed by atoms with Gasteiger partial charge < -0.3 is 14.6 Å². The molecule has 90 valence electrons. The highest BCUT2D eigenvalue weighted by Crippen LogP contribution is 2.24. The summed E-state index contributed by atoms with van der Waals surface area (Å²) in [5.41, 5.74) is 3.51. The molecule has 0 spiro atoms. The van der Waals surface area contributed by atoms with Crippen molar-refractivity contribution in [3.05, 3.63) is 29.6 Å². The van der Waals surface area contributed by atoms with Crippen molar-refractivity contribution in [3.8, 4) is 0 Å². The van der Waals surface area contributed by atoms with E-state index in [0.717, 1.165) is 31.0 Å². The lowest BCUT2D eigenvalue weighted by Gasteiger charge is -2.23. The van der Waals surface area contributed by atoms with E-state index < -0.39 is 0 Å². The summed E-state index contributed by atoms with van der Waals surface area (Å²) in [6, 6.07) is 6.23. The monoisotopic (exact) mass is 231 g/mol. The Morgan fingerprint density at radius 3 is 3.06 bits per heavy atom. The molecule has 1 fully saturated rings. The molecule has 1 aromatic carbocycles. The summed E-state index contributed by atoms with van der Waals surface area (Å²) in [6.07, 6.45) is 0.0700. The minimum absolute atomic E-state index is 0.0700. The van der Waals surface area contributed by atoms with E-state index in [-0.39, 0.29) is 6.10 Å². The van der Waals surface area contributed by atoms with Gasteiger partial charge in [-0.15, -0.1) is 0 Å². The van der Waals surface area contributed by atoms with E-state index in [4.69, 9.17) is 9.72 Å². The first-order valence-electron chi connectivity index (χ1n) is 6.01. The highest BCUT2D eigenvalue weighted by molar-refractivity contribution is 5.79. The van der Waals surface area contributed by atoms with E-state index in [9.17, 15) is 0 Å². The molecule has 1 saturated heterocycles. The van der Waals surface area contributed by atoms with Crippen LogP contribution in [0.2, 0.25) is 0 Å². The van der Waals surface area contributed by atoms with Gasteiger partial charge in [0.05, 0.1) is 17.6 Å². The van der Waals surface area contributed by atoms with E-state index in [1.807, 2.05) is 0 Å². The van der Waals surface area contributed by atoms with E-state index in [2.05, 4.69) is 42.1 Å². The molecule has 1 atom stereocenters. The van der Waals surface area contributed by atoms with E-state index >= 15 is 0 Å². The maximum Gasteiger partial charge on any atom is 0.140 e. The molecule has 1 aliphatic heterocycles. The van der Waals surface area contributed by atoms with Gasteiger partial charge in [0.15, 0.2) is 0 Å². The third-order valence-corrected chi connectivity index (χ3v) is 3.35. The number of hydrogen-bond acceptors (Lipinski definition) is 3. The summed E-state index contributed by atoms with van der Waals surface area (Å²) in [4.78, 5) is 4.69. The number of nitrogens with zero attached hydrogens (tertiary/aromatic N) is 2. The molecule has 0 aliphatic carbocycles. The standard InChI is InChI=1S/C13H17N3O/c1-9-4-3-5-10-12(9)16(2)13(15-10)11-8-14-6-7-17-11/h3-5,11,14H,6-8H2,1-2H3. The number of aryl methyl sites for hydroxylation is 2. The van der Waals surface area contributed by atoms with Crippen molar-refractivity contribution in [2.45, 2.75) is 13.0 Å².